The van der Waals surface area contributed by atoms with Gasteiger partial charge in [-0.25, -0.2) is 4.98 Å². The van der Waals surface area contributed by atoms with Crippen LogP contribution in [-0.2, 0) is 6.42 Å². The molecule has 1 unspecified atom stereocenters. The smallest absolute Gasteiger partial charge is 0.254 e. The van der Waals surface area contributed by atoms with E-state index >= 15 is 0 Å². The van der Waals surface area contributed by atoms with Crippen LogP contribution < -0.4 is 15.6 Å². The lowest BCUT2D eigenvalue weighted by Gasteiger charge is -2.11. The highest BCUT2D eigenvalue weighted by Gasteiger charge is 2.14. The van der Waals surface area contributed by atoms with Crippen molar-refractivity contribution in [2.75, 3.05) is 13.2 Å². The Bertz CT molecular complexity index is 396. The van der Waals surface area contributed by atoms with Crippen molar-refractivity contribution in [3.05, 3.63) is 22.2 Å². The standard InChI is InChI=1S/C11H17N3O2/c1-2-9-13-10(15)6-11(14-9)16-7-8-4-3-5-12-8/h6,8,12H,2-5,7H2,1H3,(H,13,14,15). The van der Waals surface area contributed by atoms with E-state index in [9.17, 15) is 4.79 Å². The highest BCUT2D eigenvalue weighted by molar-refractivity contribution is 5.09. The van der Waals surface area contributed by atoms with Gasteiger partial charge in [0.2, 0.25) is 5.88 Å². The predicted molar refractivity (Wildman–Crippen MR) is 60.8 cm³/mol. The second kappa shape index (κ2) is 5.12. The summed E-state index contributed by atoms with van der Waals surface area (Å²) in [6, 6.07) is 1.79. The highest BCUT2D eigenvalue weighted by Crippen LogP contribution is 2.08. The maximum absolute atomic E-state index is 11.3. The van der Waals surface area contributed by atoms with E-state index in [-0.39, 0.29) is 5.56 Å². The van der Waals surface area contributed by atoms with Crippen LogP contribution in [-0.4, -0.2) is 29.2 Å². The number of H-pyrrole nitrogens is 1. The minimum atomic E-state index is -0.152. The topological polar surface area (TPSA) is 67.0 Å². The van der Waals surface area contributed by atoms with Crippen LogP contribution in [0.2, 0.25) is 0 Å². The Kier molecular flexibility index (Phi) is 3.56. The monoisotopic (exact) mass is 223 g/mol. The molecule has 2 N–H and O–H groups in total. The number of rotatable bonds is 4. The van der Waals surface area contributed by atoms with E-state index < -0.39 is 0 Å². The summed E-state index contributed by atoms with van der Waals surface area (Å²) >= 11 is 0. The van der Waals surface area contributed by atoms with Crippen LogP contribution in [0.5, 0.6) is 5.88 Å². The molecule has 1 atom stereocenters. The first-order valence-electron chi connectivity index (χ1n) is 5.74. The van der Waals surface area contributed by atoms with Crippen molar-refractivity contribution in [3.63, 3.8) is 0 Å². The summed E-state index contributed by atoms with van der Waals surface area (Å²) in [5.74, 6) is 1.09. The summed E-state index contributed by atoms with van der Waals surface area (Å²) in [4.78, 5) is 18.1. The number of hydrogen-bond donors (Lipinski definition) is 2. The minimum absolute atomic E-state index is 0.152. The van der Waals surface area contributed by atoms with E-state index in [1.807, 2.05) is 6.92 Å². The SMILES string of the molecule is CCc1nc(OCC2CCCN2)cc(=O)[nH]1. The van der Waals surface area contributed by atoms with Gasteiger partial charge in [-0.3, -0.25) is 4.79 Å². The van der Waals surface area contributed by atoms with E-state index in [0.717, 1.165) is 13.0 Å². The Labute approximate surface area is 94.2 Å². The first-order chi connectivity index (χ1) is 7.78. The van der Waals surface area contributed by atoms with Gasteiger partial charge in [-0.1, -0.05) is 6.92 Å². The van der Waals surface area contributed by atoms with Crippen LogP contribution >= 0.6 is 0 Å². The average Bonchev–Trinajstić information content (AvgIpc) is 2.78. The third kappa shape index (κ3) is 2.82. The number of aromatic nitrogens is 2. The van der Waals surface area contributed by atoms with Crippen LogP contribution in [0, 0.1) is 0 Å². The molecule has 5 heteroatoms. The lowest BCUT2D eigenvalue weighted by atomic mass is 10.2. The van der Waals surface area contributed by atoms with E-state index in [1.54, 1.807) is 0 Å². The summed E-state index contributed by atoms with van der Waals surface area (Å²) in [7, 11) is 0. The largest absolute Gasteiger partial charge is 0.476 e. The third-order valence-corrected chi connectivity index (χ3v) is 2.70. The zero-order valence-corrected chi connectivity index (χ0v) is 9.45. The second-order valence-electron chi connectivity index (χ2n) is 3.99. The molecule has 0 bridgehead atoms. The molecule has 0 saturated carbocycles. The van der Waals surface area contributed by atoms with Gasteiger partial charge in [-0.05, 0) is 19.4 Å². The summed E-state index contributed by atoms with van der Waals surface area (Å²) in [5.41, 5.74) is -0.152. The highest BCUT2D eigenvalue weighted by atomic mass is 16.5. The Morgan fingerprint density at radius 2 is 2.50 bits per heavy atom. The van der Waals surface area contributed by atoms with Gasteiger partial charge in [0.1, 0.15) is 12.4 Å². The molecule has 2 heterocycles. The van der Waals surface area contributed by atoms with Gasteiger partial charge in [0, 0.05) is 12.5 Å². The van der Waals surface area contributed by atoms with Gasteiger partial charge < -0.3 is 15.0 Å². The normalized spacial score (nSPS) is 19.9. The Morgan fingerprint density at radius 3 is 3.19 bits per heavy atom. The van der Waals surface area contributed by atoms with Gasteiger partial charge in [-0.15, -0.1) is 0 Å². The van der Waals surface area contributed by atoms with E-state index in [0.29, 0.717) is 30.8 Å². The molecule has 0 radical (unpaired) electrons. The molecular formula is C11H17N3O2. The lowest BCUT2D eigenvalue weighted by Crippen LogP contribution is -2.28. The van der Waals surface area contributed by atoms with Crippen LogP contribution in [0.3, 0.4) is 0 Å². The Hall–Kier alpha value is -1.36. The van der Waals surface area contributed by atoms with E-state index in [1.165, 1.54) is 12.5 Å². The average molecular weight is 223 g/mol. The van der Waals surface area contributed by atoms with Crippen LogP contribution in [0.1, 0.15) is 25.6 Å². The maximum Gasteiger partial charge on any atom is 0.254 e. The number of ether oxygens (including phenoxy) is 1. The second-order valence-corrected chi connectivity index (χ2v) is 3.99. The molecule has 0 aromatic carbocycles. The molecular weight excluding hydrogens is 206 g/mol. The van der Waals surface area contributed by atoms with Gasteiger partial charge in [0.25, 0.3) is 5.56 Å². The number of hydrogen-bond acceptors (Lipinski definition) is 4. The zero-order valence-electron chi connectivity index (χ0n) is 9.45. The quantitative estimate of drug-likeness (QED) is 0.778. The summed E-state index contributed by atoms with van der Waals surface area (Å²) in [6.45, 7) is 3.58. The van der Waals surface area contributed by atoms with Crippen LogP contribution in [0.25, 0.3) is 0 Å². The van der Waals surface area contributed by atoms with Crippen molar-refractivity contribution in [3.8, 4) is 5.88 Å². The van der Waals surface area contributed by atoms with Crippen LogP contribution in [0.4, 0.5) is 0 Å². The molecule has 0 aliphatic carbocycles. The molecule has 0 spiro atoms. The summed E-state index contributed by atoms with van der Waals surface area (Å²) in [6.07, 6.45) is 3.02. The molecule has 1 fully saturated rings. The molecule has 16 heavy (non-hydrogen) atoms. The number of nitrogens with one attached hydrogen (secondary N) is 2. The molecule has 1 aromatic rings. The molecule has 1 aliphatic heterocycles. The van der Waals surface area contributed by atoms with Crippen molar-refractivity contribution in [1.82, 2.24) is 15.3 Å². The van der Waals surface area contributed by atoms with Crippen molar-refractivity contribution < 1.29 is 4.74 Å². The molecule has 5 nitrogen and oxygen atoms in total. The first kappa shape index (κ1) is 11.1. The first-order valence-corrected chi connectivity index (χ1v) is 5.74. The number of nitrogens with zero attached hydrogens (tertiary/aromatic N) is 1. The molecule has 1 saturated heterocycles. The van der Waals surface area contributed by atoms with Gasteiger partial charge in [-0.2, -0.15) is 0 Å². The molecule has 1 aromatic heterocycles. The Balaban J connectivity index is 1.97. The van der Waals surface area contributed by atoms with Crippen molar-refractivity contribution in [1.29, 1.82) is 0 Å². The van der Waals surface area contributed by atoms with Crippen molar-refractivity contribution in [2.24, 2.45) is 0 Å². The fourth-order valence-electron chi connectivity index (χ4n) is 1.81. The lowest BCUT2D eigenvalue weighted by molar-refractivity contribution is 0.266. The summed E-state index contributed by atoms with van der Waals surface area (Å²) < 4.78 is 5.52. The van der Waals surface area contributed by atoms with E-state index in [2.05, 4.69) is 15.3 Å². The van der Waals surface area contributed by atoms with Gasteiger partial charge in [0.15, 0.2) is 0 Å². The number of aryl methyl sites for hydroxylation is 1. The molecule has 88 valence electrons. The van der Waals surface area contributed by atoms with Crippen molar-refractivity contribution in [2.45, 2.75) is 32.2 Å². The number of aromatic amines is 1. The minimum Gasteiger partial charge on any atom is -0.476 e. The van der Waals surface area contributed by atoms with Crippen molar-refractivity contribution >= 4 is 0 Å². The predicted octanol–water partition coefficient (Wildman–Crippen LogP) is 0.463. The Morgan fingerprint density at radius 1 is 1.62 bits per heavy atom. The summed E-state index contributed by atoms with van der Waals surface area (Å²) in [5, 5.41) is 3.33. The van der Waals surface area contributed by atoms with Crippen LogP contribution in [0.15, 0.2) is 10.9 Å². The fourth-order valence-corrected chi connectivity index (χ4v) is 1.81. The van der Waals surface area contributed by atoms with Gasteiger partial charge >= 0.3 is 0 Å². The fraction of sp³-hybridized carbons (Fsp3) is 0.636. The third-order valence-electron chi connectivity index (χ3n) is 2.70. The van der Waals surface area contributed by atoms with Gasteiger partial charge in [0.05, 0.1) is 6.07 Å². The molecule has 1 aliphatic rings. The van der Waals surface area contributed by atoms with E-state index in [4.69, 9.17) is 4.74 Å². The maximum atomic E-state index is 11.3. The zero-order chi connectivity index (χ0) is 11.4. The molecule has 2 rings (SSSR count). The molecule has 0 amide bonds.